The van der Waals surface area contributed by atoms with Crippen molar-refractivity contribution in [3.63, 3.8) is 0 Å². The maximum Gasteiger partial charge on any atom is 0.227 e. The van der Waals surface area contributed by atoms with Crippen molar-refractivity contribution >= 4 is 38.6 Å². The maximum absolute atomic E-state index is 12.6. The van der Waals surface area contributed by atoms with Gasteiger partial charge in [-0.3, -0.25) is 4.79 Å². The lowest BCUT2D eigenvalue weighted by Crippen LogP contribution is -2.24. The zero-order valence-electron chi connectivity index (χ0n) is 13.5. The summed E-state index contributed by atoms with van der Waals surface area (Å²) in [6.07, 6.45) is 6.00. The summed E-state index contributed by atoms with van der Waals surface area (Å²) in [5.74, 6) is 3.75. The minimum Gasteiger partial charge on any atom is -0.316 e. The summed E-state index contributed by atoms with van der Waals surface area (Å²) < 4.78 is 3.01. The Kier molecular flexibility index (Phi) is 4.06. The molecular formula is C20H16BrN3O. The zero-order valence-corrected chi connectivity index (χ0v) is 15.1. The molecule has 4 nitrogen and oxygen atoms in total. The van der Waals surface area contributed by atoms with E-state index in [1.54, 1.807) is 0 Å². The van der Waals surface area contributed by atoms with Gasteiger partial charge in [-0.1, -0.05) is 40.0 Å². The van der Waals surface area contributed by atoms with Crippen LogP contribution in [0.4, 0.5) is 5.69 Å². The third-order valence-corrected chi connectivity index (χ3v) is 5.04. The molecule has 5 heteroatoms. The van der Waals surface area contributed by atoms with Crippen LogP contribution in [0.5, 0.6) is 0 Å². The van der Waals surface area contributed by atoms with Gasteiger partial charge in [0, 0.05) is 29.0 Å². The number of terminal acetylenes is 1. The number of para-hydroxylation sites is 2. The van der Waals surface area contributed by atoms with Gasteiger partial charge in [-0.25, -0.2) is 4.98 Å². The lowest BCUT2D eigenvalue weighted by Gasteiger charge is -2.17. The molecule has 0 saturated carbocycles. The van der Waals surface area contributed by atoms with E-state index in [2.05, 4.69) is 26.4 Å². The van der Waals surface area contributed by atoms with Crippen LogP contribution in [0.2, 0.25) is 0 Å². The maximum atomic E-state index is 12.6. The number of fused-ring (bicyclic) bond motifs is 1. The summed E-state index contributed by atoms with van der Waals surface area (Å²) in [7, 11) is 0. The predicted octanol–water partition coefficient (Wildman–Crippen LogP) is 3.95. The normalized spacial score (nSPS) is 17.2. The van der Waals surface area contributed by atoms with Crippen LogP contribution in [0, 0.1) is 12.3 Å². The first-order chi connectivity index (χ1) is 12.2. The van der Waals surface area contributed by atoms with Gasteiger partial charge in [0.05, 0.1) is 17.6 Å². The van der Waals surface area contributed by atoms with Crippen molar-refractivity contribution in [1.82, 2.24) is 9.55 Å². The number of carbonyl (C=O) groups is 1. The van der Waals surface area contributed by atoms with Gasteiger partial charge < -0.3 is 9.47 Å². The highest BCUT2D eigenvalue weighted by atomic mass is 79.9. The number of carbonyl (C=O) groups excluding carboxylic acids is 1. The molecule has 124 valence electrons. The second-order valence-corrected chi connectivity index (χ2v) is 7.05. The van der Waals surface area contributed by atoms with Crippen LogP contribution in [-0.4, -0.2) is 22.0 Å². The molecule has 0 N–H and O–H groups in total. The lowest BCUT2D eigenvalue weighted by atomic mass is 10.1. The Balaban J connectivity index is 1.72. The monoisotopic (exact) mass is 393 g/mol. The third kappa shape index (κ3) is 2.83. The van der Waals surface area contributed by atoms with Gasteiger partial charge in [0.25, 0.3) is 0 Å². The van der Waals surface area contributed by atoms with Crippen LogP contribution >= 0.6 is 15.9 Å². The van der Waals surface area contributed by atoms with Crippen LogP contribution in [0.3, 0.4) is 0 Å². The number of hydrogen-bond donors (Lipinski definition) is 0. The predicted molar refractivity (Wildman–Crippen MR) is 102 cm³/mol. The molecule has 1 aliphatic heterocycles. The van der Waals surface area contributed by atoms with Gasteiger partial charge in [0.1, 0.15) is 5.82 Å². The van der Waals surface area contributed by atoms with E-state index in [0.717, 1.165) is 27.0 Å². The summed E-state index contributed by atoms with van der Waals surface area (Å²) in [5, 5.41) is 0. The Bertz CT molecular complexity index is 1000. The fourth-order valence-corrected chi connectivity index (χ4v) is 3.82. The fourth-order valence-electron chi connectivity index (χ4n) is 3.44. The van der Waals surface area contributed by atoms with Gasteiger partial charge >= 0.3 is 0 Å². The number of rotatable bonds is 3. The van der Waals surface area contributed by atoms with E-state index in [0.29, 0.717) is 19.5 Å². The summed E-state index contributed by atoms with van der Waals surface area (Å²) >= 11 is 3.47. The van der Waals surface area contributed by atoms with E-state index >= 15 is 0 Å². The summed E-state index contributed by atoms with van der Waals surface area (Å²) in [6, 6.07) is 15.8. The highest BCUT2D eigenvalue weighted by molar-refractivity contribution is 9.10. The smallest absolute Gasteiger partial charge is 0.227 e. The number of hydrogen-bond acceptors (Lipinski definition) is 2. The number of halogens is 1. The molecule has 1 aliphatic rings. The van der Waals surface area contributed by atoms with E-state index in [-0.39, 0.29) is 11.8 Å². The molecule has 1 fully saturated rings. The van der Waals surface area contributed by atoms with Crippen molar-refractivity contribution < 1.29 is 4.79 Å². The Morgan fingerprint density at radius 3 is 2.88 bits per heavy atom. The average molecular weight is 394 g/mol. The minimum absolute atomic E-state index is 0.0345. The molecular weight excluding hydrogens is 378 g/mol. The van der Waals surface area contributed by atoms with E-state index in [1.165, 1.54) is 0 Å². The Hall–Kier alpha value is -2.58. The molecule has 1 aromatic heterocycles. The molecule has 0 aliphatic carbocycles. The standard InChI is InChI=1S/C20H16BrN3O/c1-2-10-23-18-9-4-3-8-17(18)22-20(23)14-11-19(25)24(13-14)16-7-5-6-15(21)12-16/h1,3-9,12,14H,10-11,13H2. The van der Waals surface area contributed by atoms with Crippen LogP contribution in [0.25, 0.3) is 11.0 Å². The fraction of sp³-hybridized carbons (Fsp3) is 0.200. The Morgan fingerprint density at radius 2 is 2.08 bits per heavy atom. The topological polar surface area (TPSA) is 38.1 Å². The van der Waals surface area contributed by atoms with Crippen molar-refractivity contribution in [1.29, 1.82) is 0 Å². The van der Waals surface area contributed by atoms with Crippen molar-refractivity contribution in [3.05, 3.63) is 58.8 Å². The van der Waals surface area contributed by atoms with E-state index < -0.39 is 0 Å². The molecule has 0 bridgehead atoms. The molecule has 3 aromatic rings. The molecule has 1 unspecified atom stereocenters. The first-order valence-electron chi connectivity index (χ1n) is 8.12. The number of nitrogens with zero attached hydrogens (tertiary/aromatic N) is 3. The molecule has 1 amide bonds. The third-order valence-electron chi connectivity index (χ3n) is 4.54. The molecule has 1 saturated heterocycles. The lowest BCUT2D eigenvalue weighted by molar-refractivity contribution is -0.117. The van der Waals surface area contributed by atoms with Crippen LogP contribution < -0.4 is 4.90 Å². The molecule has 0 radical (unpaired) electrons. The van der Waals surface area contributed by atoms with Gasteiger partial charge in [-0.15, -0.1) is 6.42 Å². The molecule has 0 spiro atoms. The van der Waals surface area contributed by atoms with Crippen molar-refractivity contribution in [3.8, 4) is 12.3 Å². The van der Waals surface area contributed by atoms with Gasteiger partial charge in [-0.05, 0) is 30.3 Å². The second-order valence-electron chi connectivity index (χ2n) is 6.13. The Morgan fingerprint density at radius 1 is 1.24 bits per heavy atom. The highest BCUT2D eigenvalue weighted by Gasteiger charge is 2.34. The highest BCUT2D eigenvalue weighted by Crippen LogP contribution is 2.33. The molecule has 4 rings (SSSR count). The van der Waals surface area contributed by atoms with Crippen LogP contribution in [-0.2, 0) is 11.3 Å². The quantitative estimate of drug-likeness (QED) is 0.631. The first kappa shape index (κ1) is 15.9. The van der Waals surface area contributed by atoms with Crippen LogP contribution in [0.1, 0.15) is 18.2 Å². The number of aromatic nitrogens is 2. The van der Waals surface area contributed by atoms with Crippen molar-refractivity contribution in [2.45, 2.75) is 18.9 Å². The average Bonchev–Trinajstić information content (AvgIpc) is 3.16. The largest absolute Gasteiger partial charge is 0.316 e. The number of amides is 1. The summed E-state index contributed by atoms with van der Waals surface area (Å²) in [6.45, 7) is 1.07. The SMILES string of the molecule is C#CCn1c(C2CC(=O)N(c3cccc(Br)c3)C2)nc2ccccc21. The zero-order chi connectivity index (χ0) is 17.4. The van der Waals surface area contributed by atoms with E-state index in [1.807, 2.05) is 53.4 Å². The van der Waals surface area contributed by atoms with Gasteiger partial charge in [-0.2, -0.15) is 0 Å². The molecule has 2 heterocycles. The first-order valence-corrected chi connectivity index (χ1v) is 8.91. The molecule has 25 heavy (non-hydrogen) atoms. The second kappa shape index (κ2) is 6.38. The van der Waals surface area contributed by atoms with Crippen molar-refractivity contribution in [2.24, 2.45) is 0 Å². The van der Waals surface area contributed by atoms with Gasteiger partial charge in [0.2, 0.25) is 5.91 Å². The number of benzene rings is 2. The van der Waals surface area contributed by atoms with Crippen molar-refractivity contribution in [2.75, 3.05) is 11.4 Å². The van der Waals surface area contributed by atoms with Gasteiger partial charge in [0.15, 0.2) is 0 Å². The van der Waals surface area contributed by atoms with Crippen LogP contribution in [0.15, 0.2) is 53.0 Å². The number of anilines is 1. The van der Waals surface area contributed by atoms with E-state index in [4.69, 9.17) is 11.4 Å². The molecule has 1 atom stereocenters. The Labute approximate surface area is 154 Å². The number of imidazole rings is 1. The minimum atomic E-state index is 0.0345. The molecule has 2 aromatic carbocycles. The summed E-state index contributed by atoms with van der Waals surface area (Å²) in [4.78, 5) is 19.2. The van der Waals surface area contributed by atoms with E-state index in [9.17, 15) is 4.79 Å². The summed E-state index contributed by atoms with van der Waals surface area (Å²) in [5.41, 5.74) is 2.84.